The molecule has 0 saturated carbocycles. The molecule has 1 aliphatic heterocycles. The van der Waals surface area contributed by atoms with Gasteiger partial charge in [-0.3, -0.25) is 4.40 Å². The number of anilines is 1. The van der Waals surface area contributed by atoms with E-state index < -0.39 is 5.97 Å². The Labute approximate surface area is 116 Å². The maximum absolute atomic E-state index is 11.5. The summed E-state index contributed by atoms with van der Waals surface area (Å²) >= 11 is 0. The zero-order valence-electron chi connectivity index (χ0n) is 11.2. The van der Waals surface area contributed by atoms with E-state index in [0.717, 1.165) is 12.8 Å². The topological polar surface area (TPSA) is 75.9 Å². The number of aromatic carboxylic acids is 1. The van der Waals surface area contributed by atoms with Gasteiger partial charge in [0, 0.05) is 18.8 Å². The number of carbonyl (C=O) groups is 1. The molecule has 0 radical (unpaired) electrons. The molecule has 2 N–H and O–H groups in total. The van der Waals surface area contributed by atoms with Crippen molar-refractivity contribution in [2.45, 2.75) is 31.9 Å². The van der Waals surface area contributed by atoms with E-state index in [-0.39, 0.29) is 17.8 Å². The summed E-state index contributed by atoms with van der Waals surface area (Å²) in [7, 11) is 0. The maximum atomic E-state index is 11.5. The summed E-state index contributed by atoms with van der Waals surface area (Å²) in [5.74, 6) is -0.547. The fraction of sp³-hybridized carbons (Fsp3) is 0.429. The van der Waals surface area contributed by atoms with Crippen LogP contribution in [-0.2, 0) is 4.74 Å². The van der Waals surface area contributed by atoms with Gasteiger partial charge in [-0.15, -0.1) is 0 Å². The molecule has 2 atom stereocenters. The van der Waals surface area contributed by atoms with Crippen LogP contribution in [0.1, 0.15) is 30.3 Å². The normalized spacial score (nSPS) is 22.9. The van der Waals surface area contributed by atoms with Crippen LogP contribution < -0.4 is 5.32 Å². The van der Waals surface area contributed by atoms with E-state index in [1.165, 1.54) is 0 Å². The van der Waals surface area contributed by atoms with Gasteiger partial charge in [-0.25, -0.2) is 9.78 Å². The molecule has 0 aromatic carbocycles. The van der Waals surface area contributed by atoms with Gasteiger partial charge in [-0.05, 0) is 31.9 Å². The molecule has 0 spiro atoms. The highest BCUT2D eigenvalue weighted by molar-refractivity contribution is 5.93. The molecule has 3 heterocycles. The minimum atomic E-state index is -0.980. The number of nitrogens with one attached hydrogen (secondary N) is 1. The molecule has 2 aromatic heterocycles. The Kier molecular flexibility index (Phi) is 3.31. The monoisotopic (exact) mass is 275 g/mol. The summed E-state index contributed by atoms with van der Waals surface area (Å²) in [6.07, 6.45) is 3.61. The van der Waals surface area contributed by atoms with Crippen LogP contribution in [0.5, 0.6) is 0 Å². The Morgan fingerprint density at radius 1 is 1.55 bits per heavy atom. The van der Waals surface area contributed by atoms with Gasteiger partial charge in [-0.2, -0.15) is 0 Å². The zero-order valence-corrected chi connectivity index (χ0v) is 11.2. The van der Waals surface area contributed by atoms with Crippen molar-refractivity contribution in [3.8, 4) is 0 Å². The predicted molar refractivity (Wildman–Crippen MR) is 74.2 cm³/mol. The highest BCUT2D eigenvalue weighted by atomic mass is 16.5. The van der Waals surface area contributed by atoms with Crippen molar-refractivity contribution < 1.29 is 14.6 Å². The number of carboxylic acids is 1. The molecule has 2 unspecified atom stereocenters. The molecule has 0 amide bonds. The lowest BCUT2D eigenvalue weighted by molar-refractivity contribution is 0.0232. The SMILES string of the molecule is CC1CC(Nc2nc3ccccn3c2C(=O)O)CCO1. The number of rotatable bonds is 3. The fourth-order valence-electron chi connectivity index (χ4n) is 2.62. The molecule has 2 aromatic rings. The van der Waals surface area contributed by atoms with Crippen LogP contribution in [0.4, 0.5) is 5.82 Å². The molecule has 0 aliphatic carbocycles. The van der Waals surface area contributed by atoms with Crippen molar-refractivity contribution in [3.05, 3.63) is 30.1 Å². The number of ether oxygens (including phenoxy) is 1. The average molecular weight is 275 g/mol. The molecule has 1 aliphatic rings. The van der Waals surface area contributed by atoms with Crippen LogP contribution >= 0.6 is 0 Å². The summed E-state index contributed by atoms with van der Waals surface area (Å²) in [4.78, 5) is 15.9. The summed E-state index contributed by atoms with van der Waals surface area (Å²) in [5.41, 5.74) is 0.812. The van der Waals surface area contributed by atoms with Crippen molar-refractivity contribution in [1.29, 1.82) is 0 Å². The maximum Gasteiger partial charge on any atom is 0.356 e. The second-order valence-electron chi connectivity index (χ2n) is 5.09. The van der Waals surface area contributed by atoms with Gasteiger partial charge in [0.2, 0.25) is 0 Å². The van der Waals surface area contributed by atoms with Gasteiger partial charge < -0.3 is 15.2 Å². The lowest BCUT2D eigenvalue weighted by atomic mass is 10.0. The number of hydrogen-bond donors (Lipinski definition) is 2. The molecule has 6 heteroatoms. The number of hydrogen-bond acceptors (Lipinski definition) is 4. The summed E-state index contributed by atoms with van der Waals surface area (Å²) in [5, 5.41) is 12.7. The Morgan fingerprint density at radius 3 is 3.15 bits per heavy atom. The second-order valence-corrected chi connectivity index (χ2v) is 5.09. The molecule has 3 rings (SSSR count). The van der Waals surface area contributed by atoms with E-state index in [1.54, 1.807) is 22.7 Å². The number of pyridine rings is 1. The highest BCUT2D eigenvalue weighted by Gasteiger charge is 2.24. The van der Waals surface area contributed by atoms with Crippen LogP contribution in [-0.4, -0.2) is 39.2 Å². The van der Waals surface area contributed by atoms with E-state index in [2.05, 4.69) is 10.3 Å². The van der Waals surface area contributed by atoms with Gasteiger partial charge in [0.05, 0.1) is 6.10 Å². The van der Waals surface area contributed by atoms with Crippen LogP contribution in [0, 0.1) is 0 Å². The van der Waals surface area contributed by atoms with Crippen molar-refractivity contribution in [1.82, 2.24) is 9.38 Å². The smallest absolute Gasteiger partial charge is 0.356 e. The number of fused-ring (bicyclic) bond motifs is 1. The molecular formula is C14H17N3O3. The number of carboxylic acid groups (broad SMARTS) is 1. The van der Waals surface area contributed by atoms with Crippen molar-refractivity contribution in [2.24, 2.45) is 0 Å². The van der Waals surface area contributed by atoms with E-state index in [9.17, 15) is 9.90 Å². The van der Waals surface area contributed by atoms with Gasteiger partial charge in [0.15, 0.2) is 11.5 Å². The van der Waals surface area contributed by atoms with Crippen LogP contribution in [0.25, 0.3) is 5.65 Å². The van der Waals surface area contributed by atoms with Crippen LogP contribution in [0.3, 0.4) is 0 Å². The molecule has 1 saturated heterocycles. The first-order chi connectivity index (χ1) is 9.65. The minimum Gasteiger partial charge on any atom is -0.476 e. The van der Waals surface area contributed by atoms with Gasteiger partial charge in [-0.1, -0.05) is 6.07 Å². The predicted octanol–water partition coefficient (Wildman–Crippen LogP) is 2.01. The first-order valence-electron chi connectivity index (χ1n) is 6.73. The Balaban J connectivity index is 1.94. The van der Waals surface area contributed by atoms with Gasteiger partial charge in [0.1, 0.15) is 5.65 Å². The van der Waals surface area contributed by atoms with Crippen LogP contribution in [0.2, 0.25) is 0 Å². The van der Waals surface area contributed by atoms with Crippen molar-refractivity contribution in [3.63, 3.8) is 0 Å². The molecule has 0 bridgehead atoms. The van der Waals surface area contributed by atoms with Gasteiger partial charge in [0.25, 0.3) is 0 Å². The molecule has 106 valence electrons. The first-order valence-corrected chi connectivity index (χ1v) is 6.73. The van der Waals surface area contributed by atoms with E-state index in [4.69, 9.17) is 4.74 Å². The Hall–Kier alpha value is -2.08. The summed E-state index contributed by atoms with van der Waals surface area (Å²) in [6.45, 7) is 2.71. The standard InChI is InChI=1S/C14H17N3O3/c1-9-8-10(5-7-20-9)15-13-12(14(18)19)17-6-3-2-4-11(17)16-13/h2-4,6,9-10,15H,5,7-8H2,1H3,(H,18,19). The Morgan fingerprint density at radius 2 is 2.40 bits per heavy atom. The lowest BCUT2D eigenvalue weighted by Gasteiger charge is -2.28. The highest BCUT2D eigenvalue weighted by Crippen LogP contribution is 2.22. The minimum absolute atomic E-state index is 0.180. The van der Waals surface area contributed by atoms with Crippen LogP contribution in [0.15, 0.2) is 24.4 Å². The quantitative estimate of drug-likeness (QED) is 0.896. The third-order valence-electron chi connectivity index (χ3n) is 3.56. The average Bonchev–Trinajstić information content (AvgIpc) is 2.76. The van der Waals surface area contributed by atoms with Gasteiger partial charge >= 0.3 is 5.97 Å². The molecule has 20 heavy (non-hydrogen) atoms. The molecule has 1 fully saturated rings. The number of nitrogens with zero attached hydrogens (tertiary/aromatic N) is 2. The largest absolute Gasteiger partial charge is 0.476 e. The number of imidazole rings is 1. The first kappa shape index (κ1) is 12.9. The van der Waals surface area contributed by atoms with Crippen molar-refractivity contribution in [2.75, 3.05) is 11.9 Å². The van der Waals surface area contributed by atoms with E-state index in [0.29, 0.717) is 18.1 Å². The van der Waals surface area contributed by atoms with E-state index in [1.807, 2.05) is 13.0 Å². The zero-order chi connectivity index (χ0) is 14.1. The van der Waals surface area contributed by atoms with Crippen molar-refractivity contribution >= 4 is 17.4 Å². The molecule has 6 nitrogen and oxygen atoms in total. The Bertz CT molecular complexity index is 638. The lowest BCUT2D eigenvalue weighted by Crippen LogP contribution is -2.33. The summed E-state index contributed by atoms with van der Waals surface area (Å²) in [6, 6.07) is 5.63. The number of aromatic nitrogens is 2. The third-order valence-corrected chi connectivity index (χ3v) is 3.56. The summed E-state index contributed by atoms with van der Waals surface area (Å²) < 4.78 is 7.09. The third kappa shape index (κ3) is 2.34. The molecular weight excluding hydrogens is 258 g/mol. The second kappa shape index (κ2) is 5.13. The fourth-order valence-corrected chi connectivity index (χ4v) is 2.62. The van der Waals surface area contributed by atoms with E-state index >= 15 is 0 Å².